The molecule has 1 heterocycles. The molecular weight excluding hydrogens is 334 g/mol. The molecule has 0 unspecified atom stereocenters. The minimum absolute atomic E-state index is 0.109. The summed E-state index contributed by atoms with van der Waals surface area (Å²) < 4.78 is 1.91. The van der Waals surface area contributed by atoms with E-state index in [0.29, 0.717) is 12.6 Å². The highest BCUT2D eigenvalue weighted by molar-refractivity contribution is 5.94. The largest absolute Gasteiger partial charge is 0.331 e. The van der Waals surface area contributed by atoms with E-state index >= 15 is 0 Å². The maximum Gasteiger partial charge on any atom is 0.254 e. The van der Waals surface area contributed by atoms with Gasteiger partial charge in [0.2, 0.25) is 0 Å². The second-order valence-electron chi connectivity index (χ2n) is 7.54. The summed E-state index contributed by atoms with van der Waals surface area (Å²) in [5.41, 5.74) is 6.21. The maximum absolute atomic E-state index is 13.1. The van der Waals surface area contributed by atoms with Crippen molar-refractivity contribution in [3.05, 3.63) is 82.7 Å². The number of rotatable bonds is 5. The van der Waals surface area contributed by atoms with Crippen LogP contribution in [0.5, 0.6) is 0 Å². The summed E-state index contributed by atoms with van der Waals surface area (Å²) in [6, 6.07) is 18.6. The zero-order valence-corrected chi connectivity index (χ0v) is 16.1. The standard InChI is InChI=1S/C23H25N3O/c1-16-4-6-19(7-5-16)15-25(21-12-13-21)23(27)20-8-10-22(11-9-20)26-18(3)14-17(2)24-26/h4-11,14,21H,12-13,15H2,1-3H3. The minimum atomic E-state index is 0.109. The van der Waals surface area contributed by atoms with E-state index in [0.717, 1.165) is 35.5 Å². The first-order chi connectivity index (χ1) is 13.0. The van der Waals surface area contributed by atoms with Gasteiger partial charge in [-0.25, -0.2) is 4.68 Å². The smallest absolute Gasteiger partial charge is 0.254 e. The van der Waals surface area contributed by atoms with Crippen molar-refractivity contribution in [1.82, 2.24) is 14.7 Å². The van der Waals surface area contributed by atoms with Crippen molar-refractivity contribution in [2.75, 3.05) is 0 Å². The molecule has 1 aliphatic carbocycles. The number of nitrogens with zero attached hydrogens (tertiary/aromatic N) is 3. The third-order valence-electron chi connectivity index (χ3n) is 5.09. The maximum atomic E-state index is 13.1. The fraction of sp³-hybridized carbons (Fsp3) is 0.304. The molecule has 0 atom stereocenters. The lowest BCUT2D eigenvalue weighted by molar-refractivity contribution is 0.0730. The summed E-state index contributed by atoms with van der Waals surface area (Å²) in [6.07, 6.45) is 2.20. The molecule has 1 aromatic heterocycles. The van der Waals surface area contributed by atoms with Crippen LogP contribution in [0, 0.1) is 20.8 Å². The van der Waals surface area contributed by atoms with Crippen LogP contribution in [0.2, 0.25) is 0 Å². The predicted octanol–water partition coefficient (Wildman–Crippen LogP) is 4.60. The van der Waals surface area contributed by atoms with Crippen LogP contribution in [0.3, 0.4) is 0 Å². The molecule has 3 aromatic rings. The van der Waals surface area contributed by atoms with Gasteiger partial charge in [0.1, 0.15) is 0 Å². The summed E-state index contributed by atoms with van der Waals surface area (Å²) in [5.74, 6) is 0.109. The lowest BCUT2D eigenvalue weighted by atomic mass is 10.1. The molecule has 1 aliphatic rings. The SMILES string of the molecule is Cc1ccc(CN(C(=O)c2ccc(-n3nc(C)cc3C)cc2)C2CC2)cc1. The highest BCUT2D eigenvalue weighted by atomic mass is 16.2. The van der Waals surface area contributed by atoms with Gasteiger partial charge in [-0.05, 0) is 69.5 Å². The molecule has 138 valence electrons. The third-order valence-corrected chi connectivity index (χ3v) is 5.09. The van der Waals surface area contributed by atoms with Crippen molar-refractivity contribution < 1.29 is 4.79 Å². The Morgan fingerprint density at radius 1 is 1.04 bits per heavy atom. The quantitative estimate of drug-likeness (QED) is 0.667. The van der Waals surface area contributed by atoms with Gasteiger partial charge < -0.3 is 4.90 Å². The van der Waals surface area contributed by atoms with Gasteiger partial charge in [-0.15, -0.1) is 0 Å². The Labute approximate surface area is 160 Å². The zero-order valence-electron chi connectivity index (χ0n) is 16.1. The number of hydrogen-bond donors (Lipinski definition) is 0. The van der Waals surface area contributed by atoms with Crippen molar-refractivity contribution in [2.24, 2.45) is 0 Å². The van der Waals surface area contributed by atoms with Gasteiger partial charge in [0.15, 0.2) is 0 Å². The number of aromatic nitrogens is 2. The van der Waals surface area contributed by atoms with E-state index in [4.69, 9.17) is 0 Å². The molecule has 4 nitrogen and oxygen atoms in total. The fourth-order valence-corrected chi connectivity index (χ4v) is 3.44. The highest BCUT2D eigenvalue weighted by Crippen LogP contribution is 2.30. The van der Waals surface area contributed by atoms with Gasteiger partial charge in [-0.2, -0.15) is 5.10 Å². The van der Waals surface area contributed by atoms with Crippen molar-refractivity contribution in [3.63, 3.8) is 0 Å². The first kappa shape index (κ1) is 17.5. The van der Waals surface area contributed by atoms with E-state index in [1.54, 1.807) is 0 Å². The van der Waals surface area contributed by atoms with Gasteiger partial charge in [0.25, 0.3) is 5.91 Å². The summed E-state index contributed by atoms with van der Waals surface area (Å²) >= 11 is 0. The highest BCUT2D eigenvalue weighted by Gasteiger charge is 2.33. The zero-order chi connectivity index (χ0) is 19.0. The minimum Gasteiger partial charge on any atom is -0.331 e. The van der Waals surface area contributed by atoms with Crippen LogP contribution < -0.4 is 0 Å². The summed E-state index contributed by atoms with van der Waals surface area (Å²) in [7, 11) is 0. The van der Waals surface area contributed by atoms with E-state index in [1.165, 1.54) is 11.1 Å². The molecule has 4 rings (SSSR count). The average molecular weight is 359 g/mol. The second kappa shape index (κ2) is 7.03. The first-order valence-electron chi connectivity index (χ1n) is 9.51. The van der Waals surface area contributed by atoms with Crippen LogP contribution in [-0.4, -0.2) is 26.6 Å². The Morgan fingerprint density at radius 2 is 1.70 bits per heavy atom. The molecule has 0 radical (unpaired) electrons. The Bertz CT molecular complexity index is 950. The van der Waals surface area contributed by atoms with Crippen LogP contribution >= 0.6 is 0 Å². The van der Waals surface area contributed by atoms with Crippen LogP contribution in [0.15, 0.2) is 54.6 Å². The molecule has 1 saturated carbocycles. The average Bonchev–Trinajstić information content (AvgIpc) is 3.45. The molecule has 0 spiro atoms. The van der Waals surface area contributed by atoms with Crippen molar-refractivity contribution in [1.29, 1.82) is 0 Å². The Kier molecular flexibility index (Phi) is 4.56. The molecule has 0 saturated heterocycles. The van der Waals surface area contributed by atoms with Gasteiger partial charge in [-0.1, -0.05) is 29.8 Å². The molecule has 27 heavy (non-hydrogen) atoms. The molecule has 0 aliphatic heterocycles. The van der Waals surface area contributed by atoms with Gasteiger partial charge in [0.05, 0.1) is 11.4 Å². The third kappa shape index (κ3) is 3.80. The molecule has 2 aromatic carbocycles. The summed E-state index contributed by atoms with van der Waals surface area (Å²) in [5, 5.41) is 4.51. The number of carbonyl (C=O) groups is 1. The Hall–Kier alpha value is -2.88. The second-order valence-corrected chi connectivity index (χ2v) is 7.54. The lowest BCUT2D eigenvalue weighted by Crippen LogP contribution is -2.32. The first-order valence-corrected chi connectivity index (χ1v) is 9.51. The van der Waals surface area contributed by atoms with E-state index in [2.05, 4.69) is 42.4 Å². The monoisotopic (exact) mass is 359 g/mol. The topological polar surface area (TPSA) is 38.1 Å². The molecule has 0 bridgehead atoms. The molecule has 0 N–H and O–H groups in total. The van der Waals surface area contributed by atoms with E-state index in [1.807, 2.05) is 47.7 Å². The van der Waals surface area contributed by atoms with Crippen molar-refractivity contribution in [2.45, 2.75) is 46.2 Å². The molecule has 4 heteroatoms. The molecule has 1 amide bonds. The molecular formula is C23H25N3O. The Balaban J connectivity index is 1.54. The number of hydrogen-bond acceptors (Lipinski definition) is 2. The number of benzene rings is 2. The van der Waals surface area contributed by atoms with Crippen LogP contribution in [-0.2, 0) is 6.54 Å². The van der Waals surface area contributed by atoms with Gasteiger partial charge in [-0.3, -0.25) is 4.79 Å². The van der Waals surface area contributed by atoms with Crippen molar-refractivity contribution >= 4 is 5.91 Å². The predicted molar refractivity (Wildman–Crippen MR) is 107 cm³/mol. The summed E-state index contributed by atoms with van der Waals surface area (Å²) in [4.78, 5) is 15.1. The normalized spacial score (nSPS) is 13.6. The van der Waals surface area contributed by atoms with E-state index in [9.17, 15) is 4.79 Å². The van der Waals surface area contributed by atoms with Gasteiger partial charge in [0, 0.05) is 23.8 Å². The van der Waals surface area contributed by atoms with Crippen LogP contribution in [0.4, 0.5) is 0 Å². The fourth-order valence-electron chi connectivity index (χ4n) is 3.44. The molecule has 1 fully saturated rings. The van der Waals surface area contributed by atoms with E-state index in [-0.39, 0.29) is 5.91 Å². The van der Waals surface area contributed by atoms with Crippen molar-refractivity contribution in [3.8, 4) is 5.69 Å². The Morgan fingerprint density at radius 3 is 2.26 bits per heavy atom. The van der Waals surface area contributed by atoms with Crippen LogP contribution in [0.25, 0.3) is 5.69 Å². The van der Waals surface area contributed by atoms with Crippen LogP contribution in [0.1, 0.15) is 45.7 Å². The number of amides is 1. The van der Waals surface area contributed by atoms with Gasteiger partial charge >= 0.3 is 0 Å². The number of aryl methyl sites for hydroxylation is 3. The van der Waals surface area contributed by atoms with E-state index < -0.39 is 0 Å². The summed E-state index contributed by atoms with van der Waals surface area (Å²) in [6.45, 7) is 6.77. The lowest BCUT2D eigenvalue weighted by Gasteiger charge is -2.23. The number of carbonyl (C=O) groups excluding carboxylic acids is 1.